The quantitative estimate of drug-likeness (QED) is 0.407. The summed E-state index contributed by atoms with van der Waals surface area (Å²) < 4.78 is 5.61. The van der Waals surface area contributed by atoms with Crippen molar-refractivity contribution in [3.8, 4) is 5.75 Å². The van der Waals surface area contributed by atoms with Gasteiger partial charge in [-0.3, -0.25) is 0 Å². The van der Waals surface area contributed by atoms with Crippen molar-refractivity contribution >= 4 is 33.2 Å². The second-order valence-corrected chi connectivity index (χ2v) is 6.71. The van der Waals surface area contributed by atoms with Crippen molar-refractivity contribution < 1.29 is 9.84 Å². The molecule has 27 heavy (non-hydrogen) atoms. The van der Waals surface area contributed by atoms with Crippen molar-refractivity contribution in [2.45, 2.75) is 13.8 Å². The molecule has 0 radical (unpaired) electrons. The average molecular weight is 358 g/mol. The average Bonchev–Trinajstić information content (AvgIpc) is 2.69. The van der Waals surface area contributed by atoms with Gasteiger partial charge < -0.3 is 14.7 Å². The number of hydrogen-bond donors (Lipinski definition) is 1. The maximum Gasteiger partial charge on any atom is 0.126 e. The normalized spacial score (nSPS) is 11.1. The molecule has 0 amide bonds. The van der Waals surface area contributed by atoms with E-state index >= 15 is 0 Å². The lowest BCUT2D eigenvalue weighted by Crippen LogP contribution is -2.19. The smallest absolute Gasteiger partial charge is 0.126 e. The molecule has 4 heteroatoms. The van der Waals surface area contributed by atoms with Gasteiger partial charge in [-0.25, -0.2) is 4.98 Å². The summed E-state index contributed by atoms with van der Waals surface area (Å²) in [5.41, 5.74) is 5.78. The molecule has 136 valence electrons. The van der Waals surface area contributed by atoms with E-state index in [9.17, 15) is 5.11 Å². The van der Waals surface area contributed by atoms with Gasteiger partial charge in [0, 0.05) is 28.1 Å². The van der Waals surface area contributed by atoms with E-state index in [4.69, 9.17) is 9.72 Å². The summed E-state index contributed by atoms with van der Waals surface area (Å²) in [6.45, 7) is 3.95. The number of aliphatic hydroxyl groups excluding tert-OH is 1. The Hall–Kier alpha value is -3.11. The summed E-state index contributed by atoms with van der Waals surface area (Å²) in [6.07, 6.45) is 0. The van der Waals surface area contributed by atoms with Gasteiger partial charge >= 0.3 is 0 Å². The molecular weight excluding hydrogens is 336 g/mol. The highest BCUT2D eigenvalue weighted by atomic mass is 16.5. The maximum absolute atomic E-state index is 10.2. The fraction of sp³-hybridized carbons (Fsp3) is 0.174. The van der Waals surface area contributed by atoms with E-state index in [1.54, 1.807) is 7.11 Å². The number of benzene rings is 3. The van der Waals surface area contributed by atoms with E-state index in [1.807, 2.05) is 54.3 Å². The van der Waals surface area contributed by atoms with Crippen LogP contribution in [-0.2, 0) is 0 Å². The molecule has 1 heterocycles. The van der Waals surface area contributed by atoms with E-state index < -0.39 is 0 Å². The molecule has 0 aliphatic carbocycles. The van der Waals surface area contributed by atoms with Gasteiger partial charge in [-0.05, 0) is 44.2 Å². The molecule has 0 atom stereocenters. The Morgan fingerprint density at radius 3 is 2.44 bits per heavy atom. The monoisotopic (exact) mass is 358 g/mol. The summed E-state index contributed by atoms with van der Waals surface area (Å²) in [7, 11) is 1.66. The minimum absolute atomic E-state index is 0.140. The molecule has 1 aromatic heterocycles. The van der Waals surface area contributed by atoms with Gasteiger partial charge in [-0.15, -0.1) is 0 Å². The van der Waals surface area contributed by atoms with Crippen LogP contribution in [0.25, 0.3) is 21.8 Å². The van der Waals surface area contributed by atoms with Crippen molar-refractivity contribution in [1.29, 1.82) is 0 Å². The lowest BCUT2D eigenvalue weighted by Gasteiger charge is -2.27. The van der Waals surface area contributed by atoms with Crippen LogP contribution in [-0.4, -0.2) is 23.9 Å². The molecule has 3 aromatic carbocycles. The Morgan fingerprint density at radius 2 is 1.74 bits per heavy atom. The molecule has 0 aliphatic rings. The number of pyridine rings is 1. The molecule has 0 saturated carbocycles. The molecular formula is C23H22N2O2. The van der Waals surface area contributed by atoms with Gasteiger partial charge in [0.2, 0.25) is 0 Å². The number of para-hydroxylation sites is 1. The van der Waals surface area contributed by atoms with Crippen LogP contribution >= 0.6 is 0 Å². The number of aryl methyl sites for hydroxylation is 1. The van der Waals surface area contributed by atoms with Gasteiger partial charge in [0.05, 0.1) is 23.8 Å². The fourth-order valence-corrected chi connectivity index (χ4v) is 3.61. The number of methoxy groups -OCH3 is 1. The van der Waals surface area contributed by atoms with Gasteiger partial charge in [0.25, 0.3) is 0 Å². The first-order valence-corrected chi connectivity index (χ1v) is 8.94. The Morgan fingerprint density at radius 1 is 0.963 bits per heavy atom. The molecule has 4 aromatic rings. The molecule has 4 nitrogen and oxygen atoms in total. The number of aliphatic hydroxyl groups is 1. The maximum atomic E-state index is 10.2. The predicted octanol–water partition coefficient (Wildman–Crippen LogP) is 5.10. The summed E-state index contributed by atoms with van der Waals surface area (Å²) in [6, 6.07) is 20.2. The minimum atomic E-state index is -0.140. The number of anilines is 2. The van der Waals surface area contributed by atoms with Crippen molar-refractivity contribution in [2.75, 3.05) is 18.7 Å². The molecule has 1 N–H and O–H groups in total. The van der Waals surface area contributed by atoms with Crippen LogP contribution in [0.3, 0.4) is 0 Å². The van der Waals surface area contributed by atoms with Crippen LogP contribution in [0, 0.1) is 13.8 Å². The van der Waals surface area contributed by atoms with E-state index in [-0.39, 0.29) is 6.73 Å². The number of ether oxygens (including phenoxy) is 1. The zero-order valence-corrected chi connectivity index (χ0v) is 15.7. The molecule has 0 spiro atoms. The Bertz CT molecular complexity index is 1120. The molecule has 0 bridgehead atoms. The Balaban J connectivity index is 2.08. The van der Waals surface area contributed by atoms with Gasteiger partial charge in [0.15, 0.2) is 0 Å². The topological polar surface area (TPSA) is 45.6 Å². The Labute approximate surface area is 158 Å². The van der Waals surface area contributed by atoms with Gasteiger partial charge in [-0.1, -0.05) is 29.8 Å². The second-order valence-electron chi connectivity index (χ2n) is 6.71. The highest BCUT2D eigenvalue weighted by Crippen LogP contribution is 2.40. The molecule has 4 rings (SSSR count). The van der Waals surface area contributed by atoms with Gasteiger partial charge in [0.1, 0.15) is 12.5 Å². The fourth-order valence-electron chi connectivity index (χ4n) is 3.61. The lowest BCUT2D eigenvalue weighted by atomic mass is 10.0. The first-order valence-electron chi connectivity index (χ1n) is 8.94. The third-order valence-corrected chi connectivity index (χ3v) is 4.95. The molecule has 0 saturated heterocycles. The predicted molar refractivity (Wildman–Crippen MR) is 111 cm³/mol. The zero-order chi connectivity index (χ0) is 19.0. The SMILES string of the molecule is COc1cc2nc3ccc(C)cc3cc2c(N(CO)c2ccccc2)c1C. The van der Waals surface area contributed by atoms with Crippen LogP contribution in [0.5, 0.6) is 5.75 Å². The summed E-state index contributed by atoms with van der Waals surface area (Å²) in [5, 5.41) is 12.3. The molecule has 0 fully saturated rings. The number of fused-ring (bicyclic) bond motifs is 2. The second kappa shape index (κ2) is 6.89. The van der Waals surface area contributed by atoms with E-state index in [0.29, 0.717) is 0 Å². The minimum Gasteiger partial charge on any atom is -0.496 e. The van der Waals surface area contributed by atoms with Crippen LogP contribution in [0.15, 0.2) is 60.7 Å². The van der Waals surface area contributed by atoms with Crippen LogP contribution in [0.1, 0.15) is 11.1 Å². The molecule has 0 unspecified atom stereocenters. The lowest BCUT2D eigenvalue weighted by molar-refractivity contribution is 0.304. The number of aromatic nitrogens is 1. The van der Waals surface area contributed by atoms with Crippen LogP contribution in [0.4, 0.5) is 11.4 Å². The Kier molecular flexibility index (Phi) is 4.42. The highest BCUT2D eigenvalue weighted by molar-refractivity contribution is 6.03. The largest absolute Gasteiger partial charge is 0.496 e. The van der Waals surface area contributed by atoms with Crippen molar-refractivity contribution in [3.05, 3.63) is 71.8 Å². The third-order valence-electron chi connectivity index (χ3n) is 4.95. The summed E-state index contributed by atoms with van der Waals surface area (Å²) >= 11 is 0. The van der Waals surface area contributed by atoms with Crippen LogP contribution < -0.4 is 9.64 Å². The van der Waals surface area contributed by atoms with Gasteiger partial charge in [-0.2, -0.15) is 0 Å². The summed E-state index contributed by atoms with van der Waals surface area (Å²) in [4.78, 5) is 6.74. The van der Waals surface area contributed by atoms with Crippen molar-refractivity contribution in [3.63, 3.8) is 0 Å². The number of nitrogens with zero attached hydrogens (tertiary/aromatic N) is 2. The van der Waals surface area contributed by atoms with Crippen molar-refractivity contribution in [1.82, 2.24) is 4.98 Å². The molecule has 0 aliphatic heterocycles. The summed E-state index contributed by atoms with van der Waals surface area (Å²) in [5.74, 6) is 0.755. The third kappa shape index (κ3) is 2.98. The standard InChI is InChI=1S/C23H22N2O2/c1-15-9-10-20-17(11-15)12-19-21(24-20)13-22(27-3)16(2)23(19)25(14-26)18-7-5-4-6-8-18/h4-13,26H,14H2,1-3H3. The first kappa shape index (κ1) is 17.3. The van der Waals surface area contributed by atoms with E-state index in [1.165, 1.54) is 5.56 Å². The van der Waals surface area contributed by atoms with E-state index in [2.05, 4.69) is 25.1 Å². The first-order chi connectivity index (χ1) is 13.1. The zero-order valence-electron chi connectivity index (χ0n) is 15.7. The van der Waals surface area contributed by atoms with E-state index in [0.717, 1.165) is 44.5 Å². The number of hydrogen-bond acceptors (Lipinski definition) is 4. The number of rotatable bonds is 4. The van der Waals surface area contributed by atoms with Crippen molar-refractivity contribution in [2.24, 2.45) is 0 Å². The van der Waals surface area contributed by atoms with Crippen LogP contribution in [0.2, 0.25) is 0 Å². The highest BCUT2D eigenvalue weighted by Gasteiger charge is 2.19.